The minimum Gasteiger partial charge on any atom is -0.481 e. The molecule has 0 aromatic heterocycles. The molecule has 9 heteroatoms. The Kier molecular flexibility index (Phi) is 5.22. The molecular weight excluding hydrogens is 258 g/mol. The van der Waals surface area contributed by atoms with Crippen LogP contribution in [0, 0.1) is 4.91 Å². The molecule has 0 radical (unpaired) electrons. The van der Waals surface area contributed by atoms with Gasteiger partial charge in [-0.05, 0) is 19.3 Å². The van der Waals surface area contributed by atoms with Crippen LogP contribution < -0.4 is 5.32 Å². The molecule has 0 aromatic carbocycles. The molecule has 3 N–H and O–H groups in total. The van der Waals surface area contributed by atoms with Crippen molar-refractivity contribution in [1.29, 1.82) is 0 Å². The molecule has 0 aromatic rings. The Morgan fingerprint density at radius 2 is 2.05 bits per heavy atom. The van der Waals surface area contributed by atoms with Gasteiger partial charge in [0.2, 0.25) is 5.91 Å². The van der Waals surface area contributed by atoms with Crippen LogP contribution in [0.1, 0.15) is 25.7 Å². The number of carboxylic acids is 2. The summed E-state index contributed by atoms with van der Waals surface area (Å²) in [5, 5.41) is 23.4. The normalized spacial score (nSPS) is 19.8. The van der Waals surface area contributed by atoms with Gasteiger partial charge in [0.05, 0.1) is 5.29 Å². The summed E-state index contributed by atoms with van der Waals surface area (Å²) in [7, 11) is 0. The molecule has 1 heterocycles. The molecule has 1 saturated heterocycles. The average molecular weight is 273 g/mol. The van der Waals surface area contributed by atoms with E-state index in [0.29, 0.717) is 19.4 Å². The van der Waals surface area contributed by atoms with Gasteiger partial charge >= 0.3 is 11.9 Å². The minimum atomic E-state index is -1.31. The molecule has 1 amide bonds. The van der Waals surface area contributed by atoms with Gasteiger partial charge in [0.15, 0.2) is 0 Å². The summed E-state index contributed by atoms with van der Waals surface area (Å²) < 4.78 is 0. The number of nitrogens with zero attached hydrogens (tertiary/aromatic N) is 2. The highest BCUT2D eigenvalue weighted by molar-refractivity contribution is 5.87. The molecule has 0 aliphatic carbocycles. The Morgan fingerprint density at radius 3 is 2.58 bits per heavy atom. The summed E-state index contributed by atoms with van der Waals surface area (Å²) in [4.78, 5) is 43.6. The van der Waals surface area contributed by atoms with Crippen molar-refractivity contribution in [2.24, 2.45) is 5.29 Å². The molecule has 0 unspecified atom stereocenters. The molecule has 1 rings (SSSR count). The van der Waals surface area contributed by atoms with Crippen molar-refractivity contribution in [3.63, 3.8) is 0 Å². The molecule has 1 fully saturated rings. The van der Waals surface area contributed by atoms with Crippen LogP contribution in [0.2, 0.25) is 0 Å². The van der Waals surface area contributed by atoms with E-state index in [9.17, 15) is 19.3 Å². The van der Waals surface area contributed by atoms with E-state index in [2.05, 4.69) is 10.6 Å². The van der Waals surface area contributed by atoms with Gasteiger partial charge in [-0.1, -0.05) is 0 Å². The highest BCUT2D eigenvalue weighted by Gasteiger charge is 2.33. The van der Waals surface area contributed by atoms with Crippen LogP contribution in [0.25, 0.3) is 0 Å². The van der Waals surface area contributed by atoms with E-state index in [0.717, 1.165) is 5.01 Å². The maximum atomic E-state index is 11.8. The fourth-order valence-corrected chi connectivity index (χ4v) is 1.91. The first-order valence-electron chi connectivity index (χ1n) is 5.80. The van der Waals surface area contributed by atoms with Gasteiger partial charge in [-0.3, -0.25) is 9.59 Å². The van der Waals surface area contributed by atoms with E-state index in [1.165, 1.54) is 0 Å². The molecule has 9 nitrogen and oxygen atoms in total. The molecule has 2 atom stereocenters. The number of hydrogen-bond donors (Lipinski definition) is 3. The molecule has 106 valence electrons. The molecule has 1 aliphatic rings. The Balaban J connectivity index is 2.58. The van der Waals surface area contributed by atoms with Crippen LogP contribution in [0.5, 0.6) is 0 Å². The second kappa shape index (κ2) is 6.66. The Morgan fingerprint density at radius 1 is 1.37 bits per heavy atom. The highest BCUT2D eigenvalue weighted by atomic mass is 16.4. The summed E-state index contributed by atoms with van der Waals surface area (Å²) in [6.45, 7) is 0.356. The fourth-order valence-electron chi connectivity index (χ4n) is 1.91. The van der Waals surface area contributed by atoms with Gasteiger partial charge in [-0.15, -0.1) is 4.91 Å². The molecule has 1 aliphatic heterocycles. The van der Waals surface area contributed by atoms with E-state index >= 15 is 0 Å². The van der Waals surface area contributed by atoms with Crippen molar-refractivity contribution in [2.45, 2.75) is 37.8 Å². The van der Waals surface area contributed by atoms with Gasteiger partial charge in [-0.2, -0.15) is 0 Å². The van der Waals surface area contributed by atoms with Crippen molar-refractivity contribution in [1.82, 2.24) is 10.3 Å². The van der Waals surface area contributed by atoms with Gasteiger partial charge in [-0.25, -0.2) is 9.80 Å². The predicted octanol–water partition coefficient (Wildman–Crippen LogP) is -0.434. The number of aliphatic carboxylic acids is 2. The summed E-state index contributed by atoms with van der Waals surface area (Å²) in [6.07, 6.45) is 0.467. The predicted molar refractivity (Wildman–Crippen MR) is 62.0 cm³/mol. The first-order chi connectivity index (χ1) is 8.95. The Bertz CT molecular complexity index is 385. The van der Waals surface area contributed by atoms with Crippen molar-refractivity contribution >= 4 is 17.8 Å². The SMILES string of the molecule is O=NN1CCC[C@H]1C(=O)N[C@@H](CCC(=O)O)C(=O)O. The first-order valence-corrected chi connectivity index (χ1v) is 5.80. The van der Waals surface area contributed by atoms with Crippen LogP contribution >= 0.6 is 0 Å². The van der Waals surface area contributed by atoms with Gasteiger partial charge in [0.1, 0.15) is 12.1 Å². The molecule has 0 saturated carbocycles. The van der Waals surface area contributed by atoms with Crippen LogP contribution in [0.4, 0.5) is 0 Å². The lowest BCUT2D eigenvalue weighted by molar-refractivity contribution is -0.143. The van der Waals surface area contributed by atoms with Gasteiger partial charge < -0.3 is 15.5 Å². The number of carbonyl (C=O) groups is 3. The molecule has 19 heavy (non-hydrogen) atoms. The lowest BCUT2D eigenvalue weighted by atomic mass is 10.1. The molecule has 0 spiro atoms. The number of hydrogen-bond acceptors (Lipinski definition) is 5. The third-order valence-electron chi connectivity index (χ3n) is 2.89. The van der Waals surface area contributed by atoms with Crippen molar-refractivity contribution in [3.05, 3.63) is 4.91 Å². The summed E-state index contributed by atoms with van der Waals surface area (Å²) in [5.41, 5.74) is 0. The lowest BCUT2D eigenvalue weighted by Gasteiger charge is -2.20. The lowest BCUT2D eigenvalue weighted by Crippen LogP contribution is -2.48. The second-order valence-corrected chi connectivity index (χ2v) is 4.23. The topological polar surface area (TPSA) is 136 Å². The average Bonchev–Trinajstić information content (AvgIpc) is 2.81. The van der Waals surface area contributed by atoms with E-state index in [1.54, 1.807) is 0 Å². The molecular formula is C10H15N3O6. The minimum absolute atomic E-state index is 0.211. The maximum absolute atomic E-state index is 11.8. The van der Waals surface area contributed by atoms with Crippen LogP contribution in [-0.4, -0.2) is 51.7 Å². The van der Waals surface area contributed by atoms with E-state index < -0.39 is 29.9 Å². The zero-order valence-corrected chi connectivity index (χ0v) is 10.1. The first kappa shape index (κ1) is 14.9. The number of nitrogens with one attached hydrogen (secondary N) is 1. The summed E-state index contributed by atoms with van der Waals surface area (Å²) in [5.74, 6) is -3.06. The fraction of sp³-hybridized carbons (Fsp3) is 0.700. The zero-order chi connectivity index (χ0) is 14.4. The maximum Gasteiger partial charge on any atom is 0.326 e. The Labute approximate surface area is 108 Å². The Hall–Kier alpha value is -2.19. The number of amides is 1. The van der Waals surface area contributed by atoms with Crippen LogP contribution in [-0.2, 0) is 14.4 Å². The second-order valence-electron chi connectivity index (χ2n) is 4.23. The van der Waals surface area contributed by atoms with Crippen molar-refractivity contribution in [3.8, 4) is 0 Å². The quantitative estimate of drug-likeness (QED) is 0.535. The number of nitroso groups, excluding NO2 is 1. The standard InChI is InChI=1S/C10H15N3O6/c14-8(15)4-3-6(10(17)18)11-9(16)7-2-1-5-13(7)12-19/h6-7H,1-5H2,(H,11,16)(H,14,15)(H,17,18)/t6-,7-/m0/s1. The number of rotatable bonds is 7. The number of carbonyl (C=O) groups excluding carboxylic acids is 1. The van der Waals surface area contributed by atoms with E-state index in [4.69, 9.17) is 10.2 Å². The van der Waals surface area contributed by atoms with Gasteiger partial charge in [0.25, 0.3) is 0 Å². The monoisotopic (exact) mass is 273 g/mol. The largest absolute Gasteiger partial charge is 0.481 e. The third-order valence-corrected chi connectivity index (χ3v) is 2.89. The summed E-state index contributed by atoms with van der Waals surface area (Å²) >= 11 is 0. The highest BCUT2D eigenvalue weighted by Crippen LogP contribution is 2.17. The smallest absolute Gasteiger partial charge is 0.326 e. The van der Waals surface area contributed by atoms with Crippen molar-refractivity contribution < 1.29 is 24.6 Å². The number of carboxylic acid groups (broad SMARTS) is 2. The van der Waals surface area contributed by atoms with Crippen LogP contribution in [0.15, 0.2) is 5.29 Å². The van der Waals surface area contributed by atoms with Gasteiger partial charge in [0, 0.05) is 13.0 Å². The molecule has 0 bridgehead atoms. The van der Waals surface area contributed by atoms with Crippen LogP contribution in [0.3, 0.4) is 0 Å². The van der Waals surface area contributed by atoms with Crippen molar-refractivity contribution in [2.75, 3.05) is 6.54 Å². The summed E-state index contributed by atoms with van der Waals surface area (Å²) in [6, 6.07) is -2.05. The van der Waals surface area contributed by atoms with E-state index in [1.807, 2.05) is 0 Å². The third kappa shape index (κ3) is 4.19. The zero-order valence-electron chi connectivity index (χ0n) is 10.1. The van der Waals surface area contributed by atoms with E-state index in [-0.39, 0.29) is 12.8 Å².